The first-order valence-corrected chi connectivity index (χ1v) is 23.7. The number of carbonyl (C=O) groups is 1. The molecule has 0 saturated heterocycles. The quantitative estimate of drug-likeness (QED) is 0.0217. The summed E-state index contributed by atoms with van der Waals surface area (Å²) in [6, 6.07) is 0. The lowest BCUT2D eigenvalue weighted by molar-refractivity contribution is -0.870. The summed E-state index contributed by atoms with van der Waals surface area (Å²) in [5.41, 5.74) is 0. The van der Waals surface area contributed by atoms with Crippen molar-refractivity contribution in [2.45, 2.75) is 168 Å². The maximum atomic E-state index is 12.7. The van der Waals surface area contributed by atoms with Gasteiger partial charge in [-0.05, 0) is 83.5 Å². The number of phosphoric ester groups is 1. The Labute approximate surface area is 344 Å². The fourth-order valence-electron chi connectivity index (χ4n) is 5.57. The van der Waals surface area contributed by atoms with Crippen LogP contribution in [0.2, 0.25) is 0 Å². The molecule has 1 N–H and O–H groups in total. The number of carbonyl (C=O) groups excluding carboxylic acids is 1. The molecular formula is C47H85NO7P+. The molecule has 324 valence electrons. The molecule has 0 fully saturated rings. The minimum atomic E-state index is -4.29. The van der Waals surface area contributed by atoms with E-state index in [1.165, 1.54) is 70.6 Å². The predicted molar refractivity (Wildman–Crippen MR) is 238 cm³/mol. The Morgan fingerprint density at radius 1 is 0.571 bits per heavy atom. The smallest absolute Gasteiger partial charge is 0.457 e. The van der Waals surface area contributed by atoms with Gasteiger partial charge in [0.25, 0.3) is 0 Å². The predicted octanol–water partition coefficient (Wildman–Crippen LogP) is 13.1. The second kappa shape index (κ2) is 39.8. The van der Waals surface area contributed by atoms with Crippen molar-refractivity contribution in [3.8, 4) is 0 Å². The van der Waals surface area contributed by atoms with E-state index in [1.807, 2.05) is 21.1 Å². The van der Waals surface area contributed by atoms with E-state index in [0.717, 1.165) is 70.6 Å². The highest BCUT2D eigenvalue weighted by molar-refractivity contribution is 7.47. The van der Waals surface area contributed by atoms with E-state index < -0.39 is 13.9 Å². The molecule has 0 aromatic rings. The molecular weight excluding hydrogens is 721 g/mol. The van der Waals surface area contributed by atoms with Crippen LogP contribution in [0.5, 0.6) is 0 Å². The molecule has 0 aromatic heterocycles. The number of hydrogen-bond donors (Lipinski definition) is 1. The summed E-state index contributed by atoms with van der Waals surface area (Å²) in [6.45, 7) is 5.42. The zero-order chi connectivity index (χ0) is 41.3. The number of esters is 1. The Morgan fingerprint density at radius 2 is 1.04 bits per heavy atom. The SMILES string of the molecule is CC/C=C\C/C=C\C/C=C\C/C=C\C/C=C\CCCCCC(=O)OC(COCCCCCCCC/C=C\CCCCCCC)COP(=O)(O)OCC[N+](C)(C)C. The second-order valence-electron chi connectivity index (χ2n) is 15.7. The number of hydrogen-bond acceptors (Lipinski definition) is 6. The summed E-state index contributed by atoms with van der Waals surface area (Å²) in [6.07, 6.45) is 50.8. The first-order valence-electron chi connectivity index (χ1n) is 22.2. The van der Waals surface area contributed by atoms with E-state index in [1.54, 1.807) is 0 Å². The average Bonchev–Trinajstić information content (AvgIpc) is 3.15. The minimum Gasteiger partial charge on any atom is -0.457 e. The van der Waals surface area contributed by atoms with Gasteiger partial charge in [0.1, 0.15) is 19.3 Å². The van der Waals surface area contributed by atoms with E-state index in [2.05, 4.69) is 86.8 Å². The van der Waals surface area contributed by atoms with Gasteiger partial charge in [0.05, 0.1) is 34.4 Å². The molecule has 0 aliphatic rings. The molecule has 0 radical (unpaired) electrons. The Morgan fingerprint density at radius 3 is 1.57 bits per heavy atom. The van der Waals surface area contributed by atoms with Crippen LogP contribution in [0.15, 0.2) is 72.9 Å². The zero-order valence-corrected chi connectivity index (χ0v) is 37.5. The van der Waals surface area contributed by atoms with E-state index in [-0.39, 0.29) is 32.2 Å². The zero-order valence-electron chi connectivity index (χ0n) is 36.6. The van der Waals surface area contributed by atoms with Crippen LogP contribution in [-0.2, 0) is 27.9 Å². The maximum Gasteiger partial charge on any atom is 0.472 e. The molecule has 0 aromatic carbocycles. The van der Waals surface area contributed by atoms with Gasteiger partial charge in [0.15, 0.2) is 0 Å². The highest BCUT2D eigenvalue weighted by Crippen LogP contribution is 2.43. The molecule has 0 amide bonds. The number of quaternary nitrogens is 1. The number of ether oxygens (including phenoxy) is 2. The molecule has 0 saturated carbocycles. The van der Waals surface area contributed by atoms with Gasteiger partial charge in [0, 0.05) is 13.0 Å². The summed E-state index contributed by atoms with van der Waals surface area (Å²) in [4.78, 5) is 22.9. The van der Waals surface area contributed by atoms with Crippen LogP contribution in [0, 0.1) is 0 Å². The Bertz CT molecular complexity index is 1120. The van der Waals surface area contributed by atoms with Crippen molar-refractivity contribution in [1.29, 1.82) is 0 Å². The third-order valence-electron chi connectivity index (χ3n) is 9.00. The summed E-state index contributed by atoms with van der Waals surface area (Å²) in [7, 11) is 1.63. The molecule has 2 atom stereocenters. The molecule has 0 heterocycles. The summed E-state index contributed by atoms with van der Waals surface area (Å²) in [5.74, 6) is -0.349. The van der Waals surface area contributed by atoms with Crippen LogP contribution >= 0.6 is 7.82 Å². The van der Waals surface area contributed by atoms with Gasteiger partial charge in [-0.1, -0.05) is 145 Å². The summed E-state index contributed by atoms with van der Waals surface area (Å²) in [5, 5.41) is 0. The van der Waals surface area contributed by atoms with Crippen LogP contribution in [0.3, 0.4) is 0 Å². The number of unbranched alkanes of at least 4 members (excludes halogenated alkanes) is 14. The molecule has 2 unspecified atom stereocenters. The third-order valence-corrected chi connectivity index (χ3v) is 9.99. The number of likely N-dealkylation sites (N-methyl/N-ethyl adjacent to an activating group) is 1. The van der Waals surface area contributed by atoms with Crippen molar-refractivity contribution in [2.75, 3.05) is 54.1 Å². The van der Waals surface area contributed by atoms with Gasteiger partial charge in [-0.2, -0.15) is 0 Å². The lowest BCUT2D eigenvalue weighted by Crippen LogP contribution is -2.37. The van der Waals surface area contributed by atoms with Crippen molar-refractivity contribution >= 4 is 13.8 Å². The first-order chi connectivity index (χ1) is 27.1. The average molecular weight is 807 g/mol. The third kappa shape index (κ3) is 43.1. The van der Waals surface area contributed by atoms with Crippen molar-refractivity contribution < 1.29 is 37.3 Å². The van der Waals surface area contributed by atoms with Gasteiger partial charge in [-0.25, -0.2) is 4.57 Å². The molecule has 0 rings (SSSR count). The number of allylic oxidation sites excluding steroid dienone is 12. The van der Waals surface area contributed by atoms with Crippen LogP contribution < -0.4 is 0 Å². The van der Waals surface area contributed by atoms with E-state index in [9.17, 15) is 14.3 Å². The fourth-order valence-corrected chi connectivity index (χ4v) is 6.31. The highest BCUT2D eigenvalue weighted by Gasteiger charge is 2.26. The summed E-state index contributed by atoms with van der Waals surface area (Å²) < 4.78 is 35.0. The van der Waals surface area contributed by atoms with Crippen LogP contribution in [-0.4, -0.2) is 75.6 Å². The van der Waals surface area contributed by atoms with Crippen molar-refractivity contribution in [3.05, 3.63) is 72.9 Å². The lowest BCUT2D eigenvalue weighted by Gasteiger charge is -2.24. The van der Waals surface area contributed by atoms with Crippen molar-refractivity contribution in [1.82, 2.24) is 0 Å². The Kier molecular flexibility index (Phi) is 38.3. The topological polar surface area (TPSA) is 91.3 Å². The van der Waals surface area contributed by atoms with Crippen LogP contribution in [0.1, 0.15) is 162 Å². The largest absolute Gasteiger partial charge is 0.472 e. The van der Waals surface area contributed by atoms with E-state index >= 15 is 0 Å². The minimum absolute atomic E-state index is 0.0771. The van der Waals surface area contributed by atoms with Gasteiger partial charge < -0.3 is 18.9 Å². The van der Waals surface area contributed by atoms with Crippen molar-refractivity contribution in [3.63, 3.8) is 0 Å². The van der Waals surface area contributed by atoms with E-state index in [0.29, 0.717) is 17.6 Å². The number of nitrogens with zero attached hydrogens (tertiary/aromatic N) is 1. The Balaban J connectivity index is 4.33. The summed E-state index contributed by atoms with van der Waals surface area (Å²) >= 11 is 0. The normalized spacial score (nSPS) is 14.5. The van der Waals surface area contributed by atoms with Gasteiger partial charge in [-0.3, -0.25) is 13.8 Å². The lowest BCUT2D eigenvalue weighted by atomic mass is 10.1. The first kappa shape index (κ1) is 53.9. The monoisotopic (exact) mass is 807 g/mol. The van der Waals surface area contributed by atoms with Crippen LogP contribution in [0.25, 0.3) is 0 Å². The van der Waals surface area contributed by atoms with Gasteiger partial charge >= 0.3 is 13.8 Å². The molecule has 56 heavy (non-hydrogen) atoms. The second-order valence-corrected chi connectivity index (χ2v) is 17.1. The Hall–Kier alpha value is -2.06. The number of phosphoric acid groups is 1. The molecule has 0 bridgehead atoms. The fraction of sp³-hybridized carbons (Fsp3) is 0.723. The highest BCUT2D eigenvalue weighted by atomic mass is 31.2. The number of rotatable bonds is 40. The van der Waals surface area contributed by atoms with Crippen molar-refractivity contribution in [2.24, 2.45) is 0 Å². The van der Waals surface area contributed by atoms with Gasteiger partial charge in [-0.15, -0.1) is 0 Å². The molecule has 0 aliphatic heterocycles. The van der Waals surface area contributed by atoms with Gasteiger partial charge in [0.2, 0.25) is 0 Å². The standard InChI is InChI=1S/C47H84NO7P/c1-6-8-10-12-14-16-18-20-22-23-24-25-26-28-30-32-34-36-38-40-47(49)55-46(45-54-56(50,51)53-43-41-48(3,4)5)44-52-42-39-37-35-33-31-29-27-21-19-17-15-13-11-9-7-2/h8,10,14,16,19-22,24-25,28,30,46H,6-7,9,11-13,15,17-18,23,26-27,29,31-45H2,1-5H3/p+1/b10-8-,16-14-,21-19-,22-20-,25-24-,30-28-. The molecule has 0 spiro atoms. The molecule has 9 heteroatoms. The van der Waals surface area contributed by atoms with E-state index in [4.69, 9.17) is 18.5 Å². The molecule has 8 nitrogen and oxygen atoms in total. The molecule has 0 aliphatic carbocycles. The van der Waals surface area contributed by atoms with Crippen LogP contribution in [0.4, 0.5) is 0 Å². The maximum absolute atomic E-state index is 12.7.